The van der Waals surface area contributed by atoms with Crippen LogP contribution in [0.1, 0.15) is 32.4 Å². The van der Waals surface area contributed by atoms with Crippen LogP contribution in [0.15, 0.2) is 16.4 Å². The second kappa shape index (κ2) is 13.3. The number of carbonyl (C=O) groups is 3. The normalized spacial score (nSPS) is 15.9. The van der Waals surface area contributed by atoms with Crippen molar-refractivity contribution < 1.29 is 33.0 Å². The molecule has 0 radical (unpaired) electrons. The molecule has 0 saturated carbocycles. The summed E-state index contributed by atoms with van der Waals surface area (Å²) >= 11 is 1.09. The van der Waals surface area contributed by atoms with Crippen LogP contribution in [0.5, 0.6) is 0 Å². The van der Waals surface area contributed by atoms with Crippen molar-refractivity contribution in [3.8, 4) is 6.07 Å². The number of carboxylic acid groups (broad SMARTS) is 2. The van der Waals surface area contributed by atoms with Gasteiger partial charge in [0, 0.05) is 44.9 Å². The number of aliphatic carboxylic acids is 2. The van der Waals surface area contributed by atoms with E-state index in [1.54, 1.807) is 11.8 Å². The number of hydrogen-bond donors (Lipinski definition) is 4. The lowest BCUT2D eigenvalue weighted by molar-refractivity contribution is -0.134. The van der Waals surface area contributed by atoms with E-state index in [1.807, 2.05) is 13.8 Å². The van der Waals surface area contributed by atoms with Gasteiger partial charge in [0.2, 0.25) is 5.91 Å². The van der Waals surface area contributed by atoms with E-state index in [2.05, 4.69) is 21.7 Å². The molecule has 1 atom stereocenters. The number of hydrogen-bond acceptors (Lipinski definition) is 10. The molecule has 2 rings (SSSR count). The maximum absolute atomic E-state index is 12.4. The summed E-state index contributed by atoms with van der Waals surface area (Å²) in [5, 5.41) is 31.6. The second-order valence-corrected chi connectivity index (χ2v) is 12.0. The van der Waals surface area contributed by atoms with Gasteiger partial charge < -0.3 is 25.7 Å². The smallest absolute Gasteiger partial charge is 0.328 e. The number of amides is 1. The number of likely N-dealkylation sites (tertiary alicyclic amines) is 1. The Morgan fingerprint density at radius 2 is 1.86 bits per heavy atom. The summed E-state index contributed by atoms with van der Waals surface area (Å²) in [4.78, 5) is 37.4. The number of anilines is 1. The third kappa shape index (κ3) is 9.53. The highest BCUT2D eigenvalue weighted by molar-refractivity contribution is 7.91. The first-order valence-corrected chi connectivity index (χ1v) is 13.1. The van der Waals surface area contributed by atoms with E-state index in [0.717, 1.165) is 24.2 Å². The summed E-state index contributed by atoms with van der Waals surface area (Å²) in [6.07, 6.45) is 2.70. The van der Waals surface area contributed by atoms with Crippen LogP contribution in [0.25, 0.3) is 0 Å². The molecule has 1 aromatic heterocycles. The van der Waals surface area contributed by atoms with Crippen molar-refractivity contribution >= 4 is 44.3 Å². The van der Waals surface area contributed by atoms with Crippen LogP contribution >= 0.6 is 11.3 Å². The zero-order chi connectivity index (χ0) is 27.7. The number of nitrogens with one attached hydrogen (secondary N) is 2. The number of carboxylic acids is 2. The van der Waals surface area contributed by atoms with E-state index < -0.39 is 27.5 Å². The summed E-state index contributed by atoms with van der Waals surface area (Å²) < 4.78 is 26.0. The van der Waals surface area contributed by atoms with Gasteiger partial charge in [0.25, 0.3) is 10.0 Å². The molecule has 0 aromatic carbocycles. The zero-order valence-corrected chi connectivity index (χ0v) is 22.4. The first-order chi connectivity index (χ1) is 16.6. The van der Waals surface area contributed by atoms with Gasteiger partial charge in [-0.15, -0.1) is 0 Å². The fourth-order valence-corrected chi connectivity index (χ4v) is 5.53. The van der Waals surface area contributed by atoms with Crippen molar-refractivity contribution in [3.05, 3.63) is 17.8 Å². The van der Waals surface area contributed by atoms with Crippen LogP contribution in [0.4, 0.5) is 5.13 Å². The average molecular weight is 545 g/mol. The van der Waals surface area contributed by atoms with Gasteiger partial charge in [-0.1, -0.05) is 11.3 Å². The fraction of sp³-hybridized carbons (Fsp3) is 0.571. The molecule has 1 aliphatic heterocycles. The number of carbonyl (C=O) groups excluding carboxylic acids is 1. The molecule has 13 nitrogen and oxygen atoms in total. The SMILES string of the molecule is Cc1nc(NCC(C)(C)NCC(=O)N2CCC[C@H]2C#N)sc1S(=O)(=O)N(C)C.O=C(O)/C=C/C(=O)O. The van der Waals surface area contributed by atoms with Gasteiger partial charge in [0.05, 0.1) is 18.3 Å². The molecule has 1 amide bonds. The maximum atomic E-state index is 12.4. The van der Waals surface area contributed by atoms with Gasteiger partial charge in [0.15, 0.2) is 9.34 Å². The first kappa shape index (κ1) is 31.0. The Labute approximate surface area is 214 Å². The van der Waals surface area contributed by atoms with Crippen molar-refractivity contribution in [1.29, 1.82) is 5.26 Å². The summed E-state index contributed by atoms with van der Waals surface area (Å²) in [5.74, 6) is -2.60. The van der Waals surface area contributed by atoms with Crippen molar-refractivity contribution in [2.24, 2.45) is 0 Å². The van der Waals surface area contributed by atoms with Crippen molar-refractivity contribution in [2.45, 2.75) is 49.4 Å². The molecule has 1 aliphatic rings. The standard InChI is InChI=1S/C17H28N6O3S2.C4H4O4/c1-12-15(28(25,26)22(4)5)27-16(21-12)19-11-17(2,3)20-10-14(24)23-8-6-7-13(23)9-18;5-3(6)1-2-4(7)8/h13,20H,6-8,10-11H2,1-5H3,(H,19,21);1-2H,(H,5,6)(H,7,8)/b;2-1+/t13-;/m0./s1. The predicted octanol–water partition coefficient (Wildman–Crippen LogP) is 0.708. The second-order valence-electron chi connectivity index (χ2n) is 8.65. The van der Waals surface area contributed by atoms with Crippen LogP contribution in [-0.4, -0.2) is 96.0 Å². The number of nitriles is 1. The molecule has 15 heteroatoms. The fourth-order valence-electron chi connectivity index (χ4n) is 2.98. The van der Waals surface area contributed by atoms with E-state index in [0.29, 0.717) is 36.1 Å². The Bertz CT molecular complexity index is 1110. The van der Waals surface area contributed by atoms with E-state index in [4.69, 9.17) is 15.5 Å². The van der Waals surface area contributed by atoms with Crippen molar-refractivity contribution in [2.75, 3.05) is 39.0 Å². The summed E-state index contributed by atoms with van der Waals surface area (Å²) in [7, 11) is -0.544. The summed E-state index contributed by atoms with van der Waals surface area (Å²) in [5.41, 5.74) is 0.0243. The first-order valence-electron chi connectivity index (χ1n) is 10.8. The number of nitrogens with zero attached hydrogens (tertiary/aromatic N) is 4. The van der Waals surface area contributed by atoms with Crippen molar-refractivity contribution in [1.82, 2.24) is 19.5 Å². The van der Waals surface area contributed by atoms with E-state index >= 15 is 0 Å². The van der Waals surface area contributed by atoms with Crippen LogP contribution in [0.3, 0.4) is 0 Å². The maximum Gasteiger partial charge on any atom is 0.328 e. The summed E-state index contributed by atoms with van der Waals surface area (Å²) in [6, 6.07) is 1.84. The number of rotatable bonds is 10. The molecule has 200 valence electrons. The molecule has 0 spiro atoms. The molecule has 0 unspecified atom stereocenters. The lowest BCUT2D eigenvalue weighted by Gasteiger charge is -2.28. The molecule has 1 saturated heterocycles. The molecule has 4 N–H and O–H groups in total. The molecule has 0 aliphatic carbocycles. The van der Waals surface area contributed by atoms with Gasteiger partial charge in [-0.2, -0.15) is 5.26 Å². The third-order valence-corrected chi connectivity index (χ3v) is 8.48. The lowest BCUT2D eigenvalue weighted by atomic mass is 10.1. The Hall–Kier alpha value is -3.06. The van der Waals surface area contributed by atoms with E-state index in [1.165, 1.54) is 18.4 Å². The minimum absolute atomic E-state index is 0.0819. The van der Waals surface area contributed by atoms with Crippen LogP contribution in [0, 0.1) is 18.3 Å². The van der Waals surface area contributed by atoms with E-state index in [-0.39, 0.29) is 22.7 Å². The molecule has 1 aromatic rings. The van der Waals surface area contributed by atoms with E-state index in [9.17, 15) is 22.8 Å². The topological polar surface area (TPSA) is 193 Å². The number of aryl methyl sites for hydroxylation is 1. The highest BCUT2D eigenvalue weighted by Gasteiger charge is 2.30. The Kier molecular flexibility index (Phi) is 11.4. The largest absolute Gasteiger partial charge is 0.478 e. The minimum atomic E-state index is -3.52. The molecule has 0 bridgehead atoms. The van der Waals surface area contributed by atoms with Gasteiger partial charge in [0.1, 0.15) is 6.04 Å². The van der Waals surface area contributed by atoms with Crippen LogP contribution in [0.2, 0.25) is 0 Å². The Balaban J connectivity index is 0.000000697. The van der Waals surface area contributed by atoms with Gasteiger partial charge >= 0.3 is 11.9 Å². The highest BCUT2D eigenvalue weighted by atomic mass is 32.2. The Morgan fingerprint density at radius 3 is 2.36 bits per heavy atom. The summed E-state index contributed by atoms with van der Waals surface area (Å²) in [6.45, 7) is 6.77. The van der Waals surface area contributed by atoms with Gasteiger partial charge in [-0.25, -0.2) is 27.3 Å². The van der Waals surface area contributed by atoms with Gasteiger partial charge in [-0.05, 0) is 33.6 Å². The molecule has 36 heavy (non-hydrogen) atoms. The number of aromatic nitrogens is 1. The molecular formula is C21H32N6O7S2. The van der Waals surface area contributed by atoms with Crippen LogP contribution in [-0.2, 0) is 24.4 Å². The molecule has 1 fully saturated rings. The number of thiazole rings is 1. The van der Waals surface area contributed by atoms with Crippen LogP contribution < -0.4 is 10.6 Å². The lowest BCUT2D eigenvalue weighted by Crippen LogP contribution is -2.50. The molecule has 2 heterocycles. The van der Waals surface area contributed by atoms with Gasteiger partial charge in [-0.3, -0.25) is 4.79 Å². The highest BCUT2D eigenvalue weighted by Crippen LogP contribution is 2.29. The molecular weight excluding hydrogens is 512 g/mol. The average Bonchev–Trinajstić information content (AvgIpc) is 3.41. The minimum Gasteiger partial charge on any atom is -0.478 e. The number of sulfonamides is 1. The zero-order valence-electron chi connectivity index (χ0n) is 20.8. The quantitative estimate of drug-likeness (QED) is 0.303. The monoisotopic (exact) mass is 544 g/mol. The predicted molar refractivity (Wildman–Crippen MR) is 133 cm³/mol. The Morgan fingerprint density at radius 1 is 1.28 bits per heavy atom. The van der Waals surface area contributed by atoms with Crippen molar-refractivity contribution in [3.63, 3.8) is 0 Å². The third-order valence-electron chi connectivity index (χ3n) is 4.96.